The molecule has 1 heterocycles. The number of nitrogens with zero attached hydrogens (tertiary/aromatic N) is 1. The molecule has 1 aliphatic rings. The Morgan fingerprint density at radius 1 is 1.00 bits per heavy atom. The van der Waals surface area contributed by atoms with Gasteiger partial charge < -0.3 is 4.74 Å². The van der Waals surface area contributed by atoms with Crippen molar-refractivity contribution in [2.24, 2.45) is 5.14 Å². The fourth-order valence-corrected chi connectivity index (χ4v) is 3.50. The van der Waals surface area contributed by atoms with Gasteiger partial charge in [0.1, 0.15) is 10.8 Å². The summed E-state index contributed by atoms with van der Waals surface area (Å²) in [7, 11) is -3.88. The monoisotopic (exact) mass is 420 g/mol. The number of carbonyl (C=O) groups is 2. The van der Waals surface area contributed by atoms with Gasteiger partial charge in [-0.05, 0) is 48.4 Å². The molecule has 0 fully saturated rings. The SMILES string of the molecule is CCCOc1ccc(C2=C(Cl)C(=O)N(c3ccc(S(N)(=O)=O)cc3)C2=O)cc1. The number of anilines is 1. The third kappa shape index (κ3) is 3.80. The number of ether oxygens (including phenoxy) is 1. The maximum absolute atomic E-state index is 12.9. The number of nitrogens with two attached hydrogens (primary N) is 1. The third-order valence-electron chi connectivity index (χ3n) is 4.07. The van der Waals surface area contributed by atoms with Gasteiger partial charge in [-0.15, -0.1) is 0 Å². The lowest BCUT2D eigenvalue weighted by atomic mass is 10.1. The first-order valence-electron chi connectivity index (χ1n) is 8.38. The van der Waals surface area contributed by atoms with E-state index in [-0.39, 0.29) is 21.2 Å². The molecule has 7 nitrogen and oxygen atoms in total. The van der Waals surface area contributed by atoms with Crippen molar-refractivity contribution < 1.29 is 22.7 Å². The molecule has 2 amide bonds. The summed E-state index contributed by atoms with van der Waals surface area (Å²) in [6, 6.07) is 11.8. The van der Waals surface area contributed by atoms with E-state index in [1.807, 2.05) is 6.92 Å². The summed E-state index contributed by atoms with van der Waals surface area (Å²) >= 11 is 6.15. The highest BCUT2D eigenvalue weighted by Crippen LogP contribution is 2.35. The van der Waals surface area contributed by atoms with Gasteiger partial charge in [-0.25, -0.2) is 18.5 Å². The number of rotatable bonds is 6. The van der Waals surface area contributed by atoms with Crippen LogP contribution in [0.3, 0.4) is 0 Å². The molecule has 0 atom stereocenters. The van der Waals surface area contributed by atoms with Crippen LogP contribution in [0.1, 0.15) is 18.9 Å². The van der Waals surface area contributed by atoms with Crippen LogP contribution >= 0.6 is 11.6 Å². The molecule has 0 unspecified atom stereocenters. The van der Waals surface area contributed by atoms with Crippen molar-refractivity contribution in [2.75, 3.05) is 11.5 Å². The minimum atomic E-state index is -3.88. The maximum atomic E-state index is 12.9. The van der Waals surface area contributed by atoms with E-state index in [4.69, 9.17) is 21.5 Å². The quantitative estimate of drug-likeness (QED) is 0.723. The Balaban J connectivity index is 1.90. The molecule has 9 heteroatoms. The van der Waals surface area contributed by atoms with Crippen LogP contribution < -0.4 is 14.8 Å². The van der Waals surface area contributed by atoms with E-state index in [0.717, 1.165) is 11.3 Å². The van der Waals surface area contributed by atoms with Gasteiger partial charge >= 0.3 is 0 Å². The Bertz CT molecular complexity index is 1060. The second-order valence-electron chi connectivity index (χ2n) is 6.05. The van der Waals surface area contributed by atoms with Crippen LogP contribution in [0.15, 0.2) is 58.5 Å². The summed E-state index contributed by atoms with van der Waals surface area (Å²) in [5.41, 5.74) is 0.749. The van der Waals surface area contributed by atoms with Crippen molar-refractivity contribution in [1.29, 1.82) is 0 Å². The number of sulfonamides is 1. The minimum absolute atomic E-state index is 0.0734. The number of halogens is 1. The average molecular weight is 421 g/mol. The summed E-state index contributed by atoms with van der Waals surface area (Å²) in [5, 5.41) is 4.86. The van der Waals surface area contributed by atoms with Crippen LogP contribution in [-0.4, -0.2) is 26.8 Å². The van der Waals surface area contributed by atoms with Gasteiger partial charge in [0.05, 0.1) is 22.8 Å². The second kappa shape index (κ2) is 7.75. The van der Waals surface area contributed by atoms with Crippen LogP contribution in [0.25, 0.3) is 5.57 Å². The predicted octanol–water partition coefficient (Wildman–Crippen LogP) is 2.65. The topological polar surface area (TPSA) is 107 Å². The zero-order valence-corrected chi connectivity index (χ0v) is 16.5. The Morgan fingerprint density at radius 2 is 1.61 bits per heavy atom. The molecule has 1 aliphatic heterocycles. The molecular weight excluding hydrogens is 404 g/mol. The van der Waals surface area contributed by atoms with E-state index in [2.05, 4.69) is 0 Å². The van der Waals surface area contributed by atoms with Crippen LogP contribution in [0.4, 0.5) is 5.69 Å². The molecule has 0 aromatic heterocycles. The largest absolute Gasteiger partial charge is 0.494 e. The molecule has 2 N–H and O–H groups in total. The van der Waals surface area contributed by atoms with Crippen molar-refractivity contribution >= 4 is 44.7 Å². The minimum Gasteiger partial charge on any atom is -0.494 e. The summed E-state index contributed by atoms with van der Waals surface area (Å²) < 4.78 is 28.2. The molecule has 0 spiro atoms. The van der Waals surface area contributed by atoms with Crippen LogP contribution in [0.5, 0.6) is 5.75 Å². The number of hydrogen-bond acceptors (Lipinski definition) is 5. The van der Waals surface area contributed by atoms with E-state index in [1.54, 1.807) is 24.3 Å². The lowest BCUT2D eigenvalue weighted by molar-refractivity contribution is -0.119. The maximum Gasteiger partial charge on any atom is 0.277 e. The number of benzene rings is 2. The van der Waals surface area contributed by atoms with Gasteiger partial charge in [-0.3, -0.25) is 9.59 Å². The van der Waals surface area contributed by atoms with E-state index in [0.29, 0.717) is 17.9 Å². The third-order valence-corrected chi connectivity index (χ3v) is 5.35. The van der Waals surface area contributed by atoms with Gasteiger partial charge in [-0.1, -0.05) is 30.7 Å². The van der Waals surface area contributed by atoms with Gasteiger partial charge in [0.25, 0.3) is 11.8 Å². The molecule has 0 saturated heterocycles. The van der Waals surface area contributed by atoms with Crippen molar-refractivity contribution in [3.8, 4) is 5.75 Å². The first kappa shape index (κ1) is 20.1. The van der Waals surface area contributed by atoms with Crippen molar-refractivity contribution in [3.05, 3.63) is 59.1 Å². The Morgan fingerprint density at radius 3 is 2.14 bits per heavy atom. The molecule has 28 heavy (non-hydrogen) atoms. The van der Waals surface area contributed by atoms with Gasteiger partial charge in [-0.2, -0.15) is 0 Å². The number of primary sulfonamides is 1. The molecule has 0 saturated carbocycles. The molecule has 0 aliphatic carbocycles. The highest BCUT2D eigenvalue weighted by molar-refractivity contribution is 7.89. The van der Waals surface area contributed by atoms with Crippen molar-refractivity contribution in [3.63, 3.8) is 0 Å². The zero-order chi connectivity index (χ0) is 20.5. The van der Waals surface area contributed by atoms with E-state index >= 15 is 0 Å². The lowest BCUT2D eigenvalue weighted by Crippen LogP contribution is -2.31. The normalized spacial score (nSPS) is 14.8. The fourth-order valence-electron chi connectivity index (χ4n) is 2.71. The van der Waals surface area contributed by atoms with Crippen LogP contribution in [0, 0.1) is 0 Å². The summed E-state index contributed by atoms with van der Waals surface area (Å²) in [4.78, 5) is 26.2. The Kier molecular flexibility index (Phi) is 5.55. The highest BCUT2D eigenvalue weighted by atomic mass is 35.5. The zero-order valence-electron chi connectivity index (χ0n) is 14.9. The predicted molar refractivity (Wildman–Crippen MR) is 105 cm³/mol. The number of hydrogen-bond donors (Lipinski definition) is 1. The van der Waals surface area contributed by atoms with E-state index in [9.17, 15) is 18.0 Å². The lowest BCUT2D eigenvalue weighted by Gasteiger charge is -2.15. The Hall–Kier alpha value is -2.68. The van der Waals surface area contributed by atoms with Crippen LogP contribution in [0.2, 0.25) is 0 Å². The average Bonchev–Trinajstić information content (AvgIpc) is 2.89. The van der Waals surface area contributed by atoms with E-state index in [1.165, 1.54) is 24.3 Å². The first-order chi connectivity index (χ1) is 13.2. The number of imide groups is 1. The molecule has 0 bridgehead atoms. The van der Waals surface area contributed by atoms with Crippen LogP contribution in [-0.2, 0) is 19.6 Å². The van der Waals surface area contributed by atoms with Crippen molar-refractivity contribution in [1.82, 2.24) is 0 Å². The first-order valence-corrected chi connectivity index (χ1v) is 10.3. The van der Waals surface area contributed by atoms with E-state index < -0.39 is 21.8 Å². The molecule has 0 radical (unpaired) electrons. The standard InChI is InChI=1S/C19H17ClN2O5S/c1-2-11-27-14-7-3-12(4-8-14)16-17(20)19(24)22(18(16)23)13-5-9-15(10-6-13)28(21,25)26/h3-10H,2,11H2,1H3,(H2,21,25,26). The number of carbonyl (C=O) groups excluding carboxylic acids is 2. The van der Waals surface area contributed by atoms with Gasteiger partial charge in [0.15, 0.2) is 0 Å². The Labute approximate surface area is 167 Å². The van der Waals surface area contributed by atoms with Gasteiger partial charge in [0, 0.05) is 0 Å². The molecule has 2 aromatic carbocycles. The number of amides is 2. The molecule has 146 valence electrons. The highest BCUT2D eigenvalue weighted by Gasteiger charge is 2.39. The second-order valence-corrected chi connectivity index (χ2v) is 7.99. The molecular formula is C19H17ClN2O5S. The molecule has 2 aromatic rings. The summed E-state index contributed by atoms with van der Waals surface area (Å²) in [6.07, 6.45) is 0.866. The smallest absolute Gasteiger partial charge is 0.277 e. The van der Waals surface area contributed by atoms with Crippen molar-refractivity contribution in [2.45, 2.75) is 18.2 Å². The summed E-state index contributed by atoms with van der Waals surface area (Å²) in [6.45, 7) is 2.56. The summed E-state index contributed by atoms with van der Waals surface area (Å²) in [5.74, 6) is -0.633. The molecule has 3 rings (SSSR count). The fraction of sp³-hybridized carbons (Fsp3) is 0.158. The van der Waals surface area contributed by atoms with Gasteiger partial charge in [0.2, 0.25) is 10.0 Å².